The Labute approximate surface area is 125 Å². The molecule has 1 aliphatic heterocycles. The lowest BCUT2D eigenvalue weighted by molar-refractivity contribution is -0.138. The minimum atomic E-state index is -0.979. The van der Waals surface area contributed by atoms with Gasteiger partial charge < -0.3 is 14.9 Å². The number of urea groups is 1. The molecule has 0 unspecified atom stereocenters. The minimum Gasteiger partial charge on any atom is -0.480 e. The Kier molecular flexibility index (Phi) is 4.83. The van der Waals surface area contributed by atoms with Crippen molar-refractivity contribution in [3.63, 3.8) is 0 Å². The van der Waals surface area contributed by atoms with Crippen molar-refractivity contribution in [3.8, 4) is 0 Å². The molecular weight excluding hydrogens is 268 g/mol. The molecular formula is C16H22N2O3. The first kappa shape index (κ1) is 15.4. The fraction of sp³-hybridized carbons (Fsp3) is 0.500. The molecule has 1 aromatic carbocycles. The molecule has 0 aliphatic carbocycles. The van der Waals surface area contributed by atoms with Crippen molar-refractivity contribution in [3.05, 3.63) is 35.4 Å². The molecule has 0 saturated carbocycles. The van der Waals surface area contributed by atoms with Crippen LogP contribution >= 0.6 is 0 Å². The van der Waals surface area contributed by atoms with Crippen LogP contribution in [0.15, 0.2) is 24.3 Å². The highest BCUT2D eigenvalue weighted by atomic mass is 16.4. The zero-order valence-corrected chi connectivity index (χ0v) is 12.6. The molecule has 1 N–H and O–H groups in total. The predicted molar refractivity (Wildman–Crippen MR) is 80.0 cm³/mol. The molecule has 2 rings (SSSR count). The number of hydrogen-bond acceptors (Lipinski definition) is 2. The number of carboxylic acids is 1. The van der Waals surface area contributed by atoms with Crippen LogP contribution in [0.2, 0.25) is 0 Å². The zero-order chi connectivity index (χ0) is 15.4. The molecule has 1 heterocycles. The third kappa shape index (κ3) is 3.74. The first-order chi connectivity index (χ1) is 9.99. The Morgan fingerprint density at radius 3 is 2.57 bits per heavy atom. The average molecular weight is 290 g/mol. The molecule has 5 nitrogen and oxygen atoms in total. The Hall–Kier alpha value is -2.04. The Bertz CT molecular complexity index is 528. The third-order valence-electron chi connectivity index (χ3n) is 3.80. The molecule has 5 heteroatoms. The highest BCUT2D eigenvalue weighted by molar-refractivity contribution is 5.80. The zero-order valence-electron chi connectivity index (χ0n) is 12.6. The highest BCUT2D eigenvalue weighted by Crippen LogP contribution is 2.20. The summed E-state index contributed by atoms with van der Waals surface area (Å²) in [7, 11) is 0. The lowest BCUT2D eigenvalue weighted by Crippen LogP contribution is -2.48. The number of nitrogens with zero attached hydrogens (tertiary/aromatic N) is 2. The van der Waals surface area contributed by atoms with Crippen LogP contribution in [0.3, 0.4) is 0 Å². The second kappa shape index (κ2) is 6.61. The van der Waals surface area contributed by atoms with Gasteiger partial charge in [-0.25, -0.2) is 4.79 Å². The fourth-order valence-corrected chi connectivity index (χ4v) is 2.66. The monoisotopic (exact) mass is 290 g/mol. The summed E-state index contributed by atoms with van der Waals surface area (Å²) in [5.74, 6) is -0.979. The number of carbonyl (C=O) groups excluding carboxylic acids is 1. The van der Waals surface area contributed by atoms with Gasteiger partial charge in [0, 0.05) is 19.1 Å². The number of aliphatic carboxylic acids is 1. The number of rotatable bonds is 3. The molecule has 0 spiro atoms. The van der Waals surface area contributed by atoms with Crippen LogP contribution in [-0.2, 0) is 17.8 Å². The third-order valence-corrected chi connectivity index (χ3v) is 3.80. The number of benzene rings is 1. The topological polar surface area (TPSA) is 60.9 Å². The quantitative estimate of drug-likeness (QED) is 0.929. The van der Waals surface area contributed by atoms with Crippen LogP contribution in [-0.4, -0.2) is 46.0 Å². The number of hydrogen-bond donors (Lipinski definition) is 1. The van der Waals surface area contributed by atoms with Crippen molar-refractivity contribution in [1.29, 1.82) is 0 Å². The van der Waals surface area contributed by atoms with Crippen molar-refractivity contribution < 1.29 is 14.7 Å². The number of amides is 2. The lowest BCUT2D eigenvalue weighted by atomic mass is 10.0. The van der Waals surface area contributed by atoms with E-state index in [1.165, 1.54) is 10.5 Å². The van der Waals surface area contributed by atoms with Crippen LogP contribution in [0.1, 0.15) is 31.4 Å². The van der Waals surface area contributed by atoms with Gasteiger partial charge in [0.1, 0.15) is 6.54 Å². The average Bonchev–Trinajstić information content (AvgIpc) is 2.65. The van der Waals surface area contributed by atoms with E-state index in [-0.39, 0.29) is 18.6 Å². The van der Waals surface area contributed by atoms with Gasteiger partial charge in [-0.05, 0) is 37.8 Å². The Morgan fingerprint density at radius 2 is 1.95 bits per heavy atom. The van der Waals surface area contributed by atoms with Crippen LogP contribution in [0.25, 0.3) is 0 Å². The van der Waals surface area contributed by atoms with Gasteiger partial charge in [-0.3, -0.25) is 4.79 Å². The fourth-order valence-electron chi connectivity index (χ4n) is 2.66. The van der Waals surface area contributed by atoms with E-state index in [4.69, 9.17) is 5.11 Å². The van der Waals surface area contributed by atoms with Crippen LogP contribution < -0.4 is 0 Å². The van der Waals surface area contributed by atoms with Gasteiger partial charge in [0.25, 0.3) is 0 Å². The summed E-state index contributed by atoms with van der Waals surface area (Å²) < 4.78 is 0. The standard InChI is InChI=1S/C16H22N2O3/c1-12(2)18(11-15(19)20)16(21)17-9-5-8-13-6-3-4-7-14(13)10-17/h3-4,6-7,12H,5,8-11H2,1-2H3,(H,19,20). The molecule has 0 aromatic heterocycles. The number of carbonyl (C=O) groups is 2. The highest BCUT2D eigenvalue weighted by Gasteiger charge is 2.26. The van der Waals surface area contributed by atoms with E-state index in [2.05, 4.69) is 6.07 Å². The lowest BCUT2D eigenvalue weighted by Gasteiger charge is -2.31. The van der Waals surface area contributed by atoms with Gasteiger partial charge in [-0.2, -0.15) is 0 Å². The summed E-state index contributed by atoms with van der Waals surface area (Å²) in [6.45, 7) is 4.64. The molecule has 0 atom stereocenters. The second-order valence-electron chi connectivity index (χ2n) is 5.69. The minimum absolute atomic E-state index is 0.132. The number of carboxylic acid groups (broad SMARTS) is 1. The maximum absolute atomic E-state index is 12.6. The molecule has 114 valence electrons. The van der Waals surface area contributed by atoms with E-state index in [1.807, 2.05) is 32.0 Å². The SMILES string of the molecule is CC(C)N(CC(=O)O)C(=O)N1CCCc2ccccc2C1. The molecule has 21 heavy (non-hydrogen) atoms. The summed E-state index contributed by atoms with van der Waals surface area (Å²) >= 11 is 0. The van der Waals surface area contributed by atoms with Crippen molar-refractivity contribution in [2.45, 2.75) is 39.3 Å². The van der Waals surface area contributed by atoms with Gasteiger partial charge in [0.2, 0.25) is 0 Å². The normalized spacial score (nSPS) is 14.5. The van der Waals surface area contributed by atoms with Crippen molar-refractivity contribution in [1.82, 2.24) is 9.80 Å². The summed E-state index contributed by atoms with van der Waals surface area (Å²) in [4.78, 5) is 26.8. The molecule has 0 saturated heterocycles. The number of aryl methyl sites for hydroxylation is 1. The predicted octanol–water partition coefficient (Wildman–Crippen LogP) is 2.35. The van der Waals surface area contributed by atoms with E-state index < -0.39 is 5.97 Å². The summed E-state index contributed by atoms with van der Waals surface area (Å²) in [5.41, 5.74) is 2.43. The van der Waals surface area contributed by atoms with Gasteiger partial charge in [0.05, 0.1) is 0 Å². The first-order valence-corrected chi connectivity index (χ1v) is 7.33. The van der Waals surface area contributed by atoms with Crippen LogP contribution in [0.5, 0.6) is 0 Å². The largest absolute Gasteiger partial charge is 0.480 e. The van der Waals surface area contributed by atoms with E-state index in [9.17, 15) is 9.59 Å². The van der Waals surface area contributed by atoms with Crippen LogP contribution in [0.4, 0.5) is 4.79 Å². The van der Waals surface area contributed by atoms with Gasteiger partial charge in [-0.15, -0.1) is 0 Å². The van der Waals surface area contributed by atoms with Gasteiger partial charge in [0.15, 0.2) is 0 Å². The van der Waals surface area contributed by atoms with E-state index >= 15 is 0 Å². The van der Waals surface area contributed by atoms with Crippen molar-refractivity contribution in [2.24, 2.45) is 0 Å². The molecule has 1 aromatic rings. The van der Waals surface area contributed by atoms with E-state index in [0.29, 0.717) is 13.1 Å². The van der Waals surface area contributed by atoms with Crippen LogP contribution in [0, 0.1) is 0 Å². The smallest absolute Gasteiger partial charge is 0.323 e. The van der Waals surface area contributed by atoms with Crippen molar-refractivity contribution in [2.75, 3.05) is 13.1 Å². The molecule has 2 amide bonds. The molecule has 0 radical (unpaired) electrons. The maximum atomic E-state index is 12.6. The van der Waals surface area contributed by atoms with Gasteiger partial charge in [-0.1, -0.05) is 24.3 Å². The Morgan fingerprint density at radius 1 is 1.29 bits per heavy atom. The summed E-state index contributed by atoms with van der Waals surface area (Å²) in [6.07, 6.45) is 1.86. The summed E-state index contributed by atoms with van der Waals surface area (Å²) in [5, 5.41) is 8.98. The van der Waals surface area contributed by atoms with Crippen molar-refractivity contribution >= 4 is 12.0 Å². The molecule has 0 fully saturated rings. The second-order valence-corrected chi connectivity index (χ2v) is 5.69. The van der Waals surface area contributed by atoms with Gasteiger partial charge >= 0.3 is 12.0 Å². The molecule has 1 aliphatic rings. The number of fused-ring (bicyclic) bond motifs is 1. The first-order valence-electron chi connectivity index (χ1n) is 7.33. The van der Waals surface area contributed by atoms with E-state index in [1.54, 1.807) is 4.90 Å². The van der Waals surface area contributed by atoms with E-state index in [0.717, 1.165) is 18.4 Å². The maximum Gasteiger partial charge on any atom is 0.323 e. The summed E-state index contributed by atoms with van der Waals surface area (Å²) in [6, 6.07) is 7.81. The Balaban J connectivity index is 2.16. The molecule has 0 bridgehead atoms.